The third-order valence-electron chi connectivity index (χ3n) is 3.16. The molecule has 19 heavy (non-hydrogen) atoms. The second kappa shape index (κ2) is 5.49. The minimum atomic E-state index is -0.817. The zero-order valence-electron chi connectivity index (χ0n) is 11.3. The zero-order valence-corrected chi connectivity index (χ0v) is 11.3. The van der Waals surface area contributed by atoms with E-state index in [1.807, 2.05) is 26.0 Å². The molecule has 0 aliphatic heterocycles. The van der Waals surface area contributed by atoms with Crippen molar-refractivity contribution in [1.29, 1.82) is 0 Å². The summed E-state index contributed by atoms with van der Waals surface area (Å²) in [4.78, 5) is 0. The van der Waals surface area contributed by atoms with Crippen molar-refractivity contribution < 1.29 is 8.78 Å². The highest BCUT2D eigenvalue weighted by atomic mass is 19.2. The van der Waals surface area contributed by atoms with Crippen molar-refractivity contribution in [1.82, 2.24) is 5.32 Å². The Morgan fingerprint density at radius 1 is 1.00 bits per heavy atom. The SMILES string of the molecule is CNC(c1cc(C)cc(C)c1)c1cccc(F)c1F. The van der Waals surface area contributed by atoms with E-state index in [0.717, 1.165) is 22.8 Å². The molecule has 0 amide bonds. The van der Waals surface area contributed by atoms with Crippen molar-refractivity contribution in [3.63, 3.8) is 0 Å². The standard InChI is InChI=1S/C16H17F2N/c1-10-7-11(2)9-12(8-10)16(19-3)13-5-4-6-14(17)15(13)18/h4-9,16,19H,1-3H3. The molecule has 100 valence electrons. The summed E-state index contributed by atoms with van der Waals surface area (Å²) >= 11 is 0. The van der Waals surface area contributed by atoms with E-state index in [9.17, 15) is 8.78 Å². The quantitative estimate of drug-likeness (QED) is 0.883. The molecule has 2 aromatic rings. The summed E-state index contributed by atoms with van der Waals surface area (Å²) in [6, 6.07) is 9.94. The maximum Gasteiger partial charge on any atom is 0.163 e. The summed E-state index contributed by atoms with van der Waals surface area (Å²) in [6.07, 6.45) is 0. The first-order chi connectivity index (χ1) is 9.02. The molecule has 0 spiro atoms. The number of halogens is 2. The van der Waals surface area contributed by atoms with E-state index in [1.165, 1.54) is 6.07 Å². The largest absolute Gasteiger partial charge is 0.309 e. The molecule has 0 fully saturated rings. The fraction of sp³-hybridized carbons (Fsp3) is 0.250. The lowest BCUT2D eigenvalue weighted by Crippen LogP contribution is -2.19. The monoisotopic (exact) mass is 261 g/mol. The first-order valence-electron chi connectivity index (χ1n) is 6.22. The topological polar surface area (TPSA) is 12.0 Å². The molecule has 1 unspecified atom stereocenters. The Labute approximate surface area is 112 Å². The van der Waals surface area contributed by atoms with Crippen LogP contribution in [0.15, 0.2) is 36.4 Å². The summed E-state index contributed by atoms with van der Waals surface area (Å²) in [5.74, 6) is -1.61. The van der Waals surface area contributed by atoms with Gasteiger partial charge in [0.15, 0.2) is 11.6 Å². The van der Waals surface area contributed by atoms with Crippen molar-refractivity contribution in [3.05, 3.63) is 70.3 Å². The van der Waals surface area contributed by atoms with E-state index < -0.39 is 11.6 Å². The third kappa shape index (κ3) is 2.82. The van der Waals surface area contributed by atoms with Crippen LogP contribution in [0.2, 0.25) is 0 Å². The summed E-state index contributed by atoms with van der Waals surface area (Å²) in [7, 11) is 1.74. The van der Waals surface area contributed by atoms with E-state index in [-0.39, 0.29) is 6.04 Å². The fourth-order valence-electron chi connectivity index (χ4n) is 2.42. The van der Waals surface area contributed by atoms with Crippen LogP contribution in [0.5, 0.6) is 0 Å². The zero-order chi connectivity index (χ0) is 14.0. The second-order valence-corrected chi connectivity index (χ2v) is 4.79. The Morgan fingerprint density at radius 2 is 1.63 bits per heavy atom. The smallest absolute Gasteiger partial charge is 0.163 e. The first kappa shape index (κ1) is 13.7. The Kier molecular flexibility index (Phi) is 3.96. The molecule has 1 atom stereocenters. The fourth-order valence-corrected chi connectivity index (χ4v) is 2.42. The van der Waals surface area contributed by atoms with Gasteiger partial charge in [-0.1, -0.05) is 41.5 Å². The predicted molar refractivity (Wildman–Crippen MR) is 73.2 cm³/mol. The van der Waals surface area contributed by atoms with Gasteiger partial charge in [0.2, 0.25) is 0 Å². The molecule has 3 heteroatoms. The molecule has 1 N–H and O–H groups in total. The van der Waals surface area contributed by atoms with Crippen LogP contribution in [-0.2, 0) is 0 Å². The molecular weight excluding hydrogens is 244 g/mol. The lowest BCUT2D eigenvalue weighted by molar-refractivity contribution is 0.487. The summed E-state index contributed by atoms with van der Waals surface area (Å²) in [5.41, 5.74) is 3.47. The van der Waals surface area contributed by atoms with Crippen molar-refractivity contribution in [2.45, 2.75) is 19.9 Å². The average molecular weight is 261 g/mol. The van der Waals surface area contributed by atoms with Gasteiger partial charge in [0.1, 0.15) is 0 Å². The normalized spacial score (nSPS) is 12.5. The van der Waals surface area contributed by atoms with Crippen LogP contribution in [0.3, 0.4) is 0 Å². The van der Waals surface area contributed by atoms with Crippen LogP contribution in [0.25, 0.3) is 0 Å². The minimum Gasteiger partial charge on any atom is -0.309 e. The minimum absolute atomic E-state index is 0.326. The predicted octanol–water partition coefficient (Wildman–Crippen LogP) is 3.89. The average Bonchev–Trinajstić information content (AvgIpc) is 2.34. The lowest BCUT2D eigenvalue weighted by Gasteiger charge is -2.19. The van der Waals surface area contributed by atoms with Gasteiger partial charge in [0, 0.05) is 5.56 Å². The Morgan fingerprint density at radius 3 is 2.21 bits per heavy atom. The highest BCUT2D eigenvalue weighted by molar-refractivity contribution is 5.37. The van der Waals surface area contributed by atoms with Crippen molar-refractivity contribution in [2.24, 2.45) is 0 Å². The van der Waals surface area contributed by atoms with Crippen LogP contribution < -0.4 is 5.32 Å². The van der Waals surface area contributed by atoms with E-state index in [2.05, 4.69) is 11.4 Å². The molecule has 0 saturated carbocycles. The summed E-state index contributed by atoms with van der Waals surface area (Å²) in [5, 5.41) is 3.05. The highest BCUT2D eigenvalue weighted by Crippen LogP contribution is 2.26. The molecule has 2 aromatic carbocycles. The number of aryl methyl sites for hydroxylation is 2. The first-order valence-corrected chi connectivity index (χ1v) is 6.22. The van der Waals surface area contributed by atoms with Gasteiger partial charge >= 0.3 is 0 Å². The summed E-state index contributed by atoms with van der Waals surface area (Å²) < 4.78 is 27.3. The maximum atomic E-state index is 13.9. The molecular formula is C16H17F2N. The molecule has 0 heterocycles. The van der Waals surface area contributed by atoms with Crippen LogP contribution in [0.4, 0.5) is 8.78 Å². The van der Waals surface area contributed by atoms with Gasteiger partial charge in [-0.15, -0.1) is 0 Å². The van der Waals surface area contributed by atoms with Gasteiger partial charge in [0.05, 0.1) is 6.04 Å². The molecule has 2 rings (SSSR count). The van der Waals surface area contributed by atoms with E-state index in [4.69, 9.17) is 0 Å². The van der Waals surface area contributed by atoms with Crippen LogP contribution >= 0.6 is 0 Å². The molecule has 0 aliphatic rings. The number of benzene rings is 2. The molecule has 0 bridgehead atoms. The Bertz CT molecular complexity index is 573. The number of hydrogen-bond acceptors (Lipinski definition) is 1. The molecule has 0 aliphatic carbocycles. The van der Waals surface area contributed by atoms with Crippen LogP contribution in [0, 0.1) is 25.5 Å². The van der Waals surface area contributed by atoms with Gasteiger partial charge < -0.3 is 5.32 Å². The van der Waals surface area contributed by atoms with Crippen LogP contribution in [-0.4, -0.2) is 7.05 Å². The van der Waals surface area contributed by atoms with Crippen molar-refractivity contribution in [2.75, 3.05) is 7.05 Å². The van der Waals surface area contributed by atoms with Gasteiger partial charge in [-0.3, -0.25) is 0 Å². The molecule has 0 saturated heterocycles. The molecule has 0 radical (unpaired) electrons. The third-order valence-corrected chi connectivity index (χ3v) is 3.16. The maximum absolute atomic E-state index is 13.9. The summed E-state index contributed by atoms with van der Waals surface area (Å²) in [6.45, 7) is 3.98. The van der Waals surface area contributed by atoms with Gasteiger partial charge in [-0.05, 0) is 32.5 Å². The van der Waals surface area contributed by atoms with Crippen LogP contribution in [0.1, 0.15) is 28.3 Å². The van der Waals surface area contributed by atoms with Gasteiger partial charge in [-0.2, -0.15) is 0 Å². The molecule has 0 aromatic heterocycles. The second-order valence-electron chi connectivity index (χ2n) is 4.79. The van der Waals surface area contributed by atoms with Gasteiger partial charge in [-0.25, -0.2) is 8.78 Å². The van der Waals surface area contributed by atoms with E-state index in [1.54, 1.807) is 13.1 Å². The van der Waals surface area contributed by atoms with Crippen molar-refractivity contribution in [3.8, 4) is 0 Å². The van der Waals surface area contributed by atoms with E-state index >= 15 is 0 Å². The highest BCUT2D eigenvalue weighted by Gasteiger charge is 2.18. The molecule has 1 nitrogen and oxygen atoms in total. The number of hydrogen-bond donors (Lipinski definition) is 1. The number of nitrogens with one attached hydrogen (secondary N) is 1. The van der Waals surface area contributed by atoms with E-state index in [0.29, 0.717) is 5.56 Å². The number of rotatable bonds is 3. The Hall–Kier alpha value is -1.74. The lowest BCUT2D eigenvalue weighted by atomic mass is 9.95. The van der Waals surface area contributed by atoms with Crippen molar-refractivity contribution >= 4 is 0 Å². The van der Waals surface area contributed by atoms with Gasteiger partial charge in [0.25, 0.3) is 0 Å². The Balaban J connectivity index is 2.53.